The van der Waals surface area contributed by atoms with Crippen LogP contribution in [0.5, 0.6) is 11.5 Å². The van der Waals surface area contributed by atoms with E-state index < -0.39 is 24.0 Å². The molecule has 0 radical (unpaired) electrons. The molecule has 136 valence electrons. The van der Waals surface area contributed by atoms with E-state index in [0.717, 1.165) is 11.3 Å². The Labute approximate surface area is 153 Å². The topological polar surface area (TPSA) is 103 Å². The van der Waals surface area contributed by atoms with Crippen LogP contribution in [0.15, 0.2) is 35.7 Å². The molecular weight excluding hydrogens is 360 g/mol. The van der Waals surface area contributed by atoms with Gasteiger partial charge in [-0.2, -0.15) is 0 Å². The highest BCUT2D eigenvalue weighted by Crippen LogP contribution is 2.31. The minimum Gasteiger partial charge on any atom is -0.485 e. The lowest BCUT2D eigenvalue weighted by atomic mass is 10.2. The Morgan fingerprint density at radius 2 is 2.00 bits per heavy atom. The summed E-state index contributed by atoms with van der Waals surface area (Å²) in [5.41, 5.74) is 0.161. The highest BCUT2D eigenvalue weighted by atomic mass is 32.1. The van der Waals surface area contributed by atoms with Gasteiger partial charge in [-0.05, 0) is 30.5 Å². The zero-order chi connectivity index (χ0) is 18.5. The second kappa shape index (κ2) is 7.87. The summed E-state index contributed by atoms with van der Waals surface area (Å²) in [5.74, 6) is -0.0640. The van der Waals surface area contributed by atoms with Crippen molar-refractivity contribution >= 4 is 34.2 Å². The van der Waals surface area contributed by atoms with Crippen molar-refractivity contribution in [3.63, 3.8) is 0 Å². The Kier molecular flexibility index (Phi) is 5.37. The smallest absolute Gasteiger partial charge is 0.414 e. The Morgan fingerprint density at radius 3 is 2.77 bits per heavy atom. The van der Waals surface area contributed by atoms with Gasteiger partial charge in [0.2, 0.25) is 6.10 Å². The Bertz CT molecular complexity index is 834. The van der Waals surface area contributed by atoms with Crippen LogP contribution < -0.4 is 20.1 Å². The minimum atomic E-state index is -0.854. The molecule has 8 nitrogen and oxygen atoms in total. The summed E-state index contributed by atoms with van der Waals surface area (Å²) in [6.07, 6.45) is -1.70. The third-order valence-electron chi connectivity index (χ3n) is 3.44. The molecule has 2 heterocycles. The zero-order valence-electron chi connectivity index (χ0n) is 13.8. The maximum Gasteiger partial charge on any atom is 0.414 e. The van der Waals surface area contributed by atoms with Crippen LogP contribution in [-0.2, 0) is 9.53 Å². The number of para-hydroxylation sites is 2. The van der Waals surface area contributed by atoms with Crippen molar-refractivity contribution in [2.45, 2.75) is 13.0 Å². The van der Waals surface area contributed by atoms with Crippen LogP contribution in [0.25, 0.3) is 0 Å². The van der Waals surface area contributed by atoms with Crippen LogP contribution in [0.2, 0.25) is 0 Å². The van der Waals surface area contributed by atoms with Crippen molar-refractivity contribution in [3.05, 3.63) is 41.3 Å². The summed E-state index contributed by atoms with van der Waals surface area (Å²) in [6, 6.07) is 8.54. The highest BCUT2D eigenvalue weighted by molar-refractivity contribution is 7.14. The average molecular weight is 376 g/mol. The molecule has 0 fully saturated rings. The lowest BCUT2D eigenvalue weighted by molar-refractivity contribution is -0.125. The van der Waals surface area contributed by atoms with Gasteiger partial charge in [0.15, 0.2) is 11.5 Å². The number of rotatable bonds is 4. The van der Waals surface area contributed by atoms with Gasteiger partial charge in [0, 0.05) is 0 Å². The third kappa shape index (κ3) is 3.94. The van der Waals surface area contributed by atoms with E-state index in [4.69, 9.17) is 9.47 Å². The largest absolute Gasteiger partial charge is 0.485 e. The highest BCUT2D eigenvalue weighted by Gasteiger charge is 2.28. The minimum absolute atomic E-state index is 0.0541. The molecule has 26 heavy (non-hydrogen) atoms. The Balaban J connectivity index is 1.65. The number of ether oxygens (including phenoxy) is 3. The Hall–Kier alpha value is -3.07. The number of hydrogen-bond donors (Lipinski definition) is 2. The molecule has 1 aliphatic rings. The number of nitrogens with one attached hydrogen (secondary N) is 2. The van der Waals surface area contributed by atoms with E-state index in [1.807, 2.05) is 6.07 Å². The molecule has 0 spiro atoms. The molecule has 1 aromatic heterocycles. The molecule has 9 heteroatoms. The summed E-state index contributed by atoms with van der Waals surface area (Å²) in [5, 5.41) is 6.66. The van der Waals surface area contributed by atoms with Gasteiger partial charge in [-0.3, -0.25) is 14.9 Å². The third-order valence-corrected chi connectivity index (χ3v) is 4.27. The number of alkyl carbamates (subject to hydrolysis) is 1. The SMILES string of the molecule is CCOC(=O)NC(=O)c1ccsc1NC(=O)C1COc2ccccc2O1. The number of hydrogen-bond acceptors (Lipinski definition) is 7. The van der Waals surface area contributed by atoms with Gasteiger partial charge >= 0.3 is 6.09 Å². The van der Waals surface area contributed by atoms with Crippen LogP contribution in [0.3, 0.4) is 0 Å². The fourth-order valence-electron chi connectivity index (χ4n) is 2.25. The first kappa shape index (κ1) is 17.7. The molecule has 1 unspecified atom stereocenters. The predicted octanol–water partition coefficient (Wildman–Crippen LogP) is 2.41. The molecule has 0 saturated carbocycles. The van der Waals surface area contributed by atoms with E-state index in [-0.39, 0.29) is 18.8 Å². The van der Waals surface area contributed by atoms with Crippen LogP contribution >= 0.6 is 11.3 Å². The number of anilines is 1. The maximum atomic E-state index is 12.4. The van der Waals surface area contributed by atoms with Gasteiger partial charge in [-0.15, -0.1) is 11.3 Å². The van der Waals surface area contributed by atoms with E-state index in [1.165, 1.54) is 6.07 Å². The molecule has 3 amide bonds. The molecule has 0 bridgehead atoms. The van der Waals surface area contributed by atoms with Crippen molar-refractivity contribution in [2.24, 2.45) is 0 Å². The number of fused-ring (bicyclic) bond motifs is 1. The molecule has 2 aromatic rings. The molecule has 1 aliphatic heterocycles. The van der Waals surface area contributed by atoms with Crippen molar-refractivity contribution in [3.8, 4) is 11.5 Å². The molecule has 1 atom stereocenters. The number of imide groups is 1. The quantitative estimate of drug-likeness (QED) is 0.849. The fourth-order valence-corrected chi connectivity index (χ4v) is 3.04. The van der Waals surface area contributed by atoms with Crippen LogP contribution in [0.4, 0.5) is 9.80 Å². The van der Waals surface area contributed by atoms with E-state index in [2.05, 4.69) is 15.4 Å². The van der Waals surface area contributed by atoms with Gasteiger partial charge in [0.05, 0.1) is 12.2 Å². The summed E-state index contributed by atoms with van der Waals surface area (Å²) in [4.78, 5) is 35.9. The van der Waals surface area contributed by atoms with Crippen molar-refractivity contribution < 1.29 is 28.6 Å². The lowest BCUT2D eigenvalue weighted by Crippen LogP contribution is -2.40. The normalized spacial score (nSPS) is 15.0. The molecule has 2 N–H and O–H groups in total. The van der Waals surface area contributed by atoms with Gasteiger partial charge < -0.3 is 19.5 Å². The van der Waals surface area contributed by atoms with E-state index >= 15 is 0 Å². The van der Waals surface area contributed by atoms with Gasteiger partial charge in [-0.1, -0.05) is 12.1 Å². The summed E-state index contributed by atoms with van der Waals surface area (Å²) >= 11 is 1.15. The second-order valence-corrected chi connectivity index (χ2v) is 6.11. The fraction of sp³-hybridized carbons (Fsp3) is 0.235. The van der Waals surface area contributed by atoms with Crippen LogP contribution in [-0.4, -0.2) is 37.2 Å². The standard InChI is InChI=1S/C17H16N2O6S/c1-2-23-17(22)19-14(20)10-7-8-26-16(10)18-15(21)13-9-24-11-5-3-4-6-12(11)25-13/h3-8,13H,2,9H2,1H3,(H,18,21)(H,19,20,22). The van der Waals surface area contributed by atoms with Crippen molar-refractivity contribution in [2.75, 3.05) is 18.5 Å². The molecule has 1 aromatic carbocycles. The summed E-state index contributed by atoms with van der Waals surface area (Å²) in [6.45, 7) is 1.83. The number of carbonyl (C=O) groups excluding carboxylic acids is 3. The van der Waals surface area contributed by atoms with Crippen molar-refractivity contribution in [1.29, 1.82) is 0 Å². The van der Waals surface area contributed by atoms with Gasteiger partial charge in [-0.25, -0.2) is 4.79 Å². The average Bonchev–Trinajstić information content (AvgIpc) is 3.09. The van der Waals surface area contributed by atoms with E-state index in [1.54, 1.807) is 30.5 Å². The Morgan fingerprint density at radius 1 is 1.23 bits per heavy atom. The first-order valence-corrected chi connectivity index (χ1v) is 8.71. The molecule has 0 aliphatic carbocycles. The first-order chi connectivity index (χ1) is 12.6. The number of amides is 3. The van der Waals surface area contributed by atoms with E-state index in [9.17, 15) is 14.4 Å². The number of carbonyl (C=O) groups is 3. The molecular formula is C17H16N2O6S. The molecule has 3 rings (SSSR count). The lowest BCUT2D eigenvalue weighted by Gasteiger charge is -2.25. The monoisotopic (exact) mass is 376 g/mol. The van der Waals surface area contributed by atoms with Crippen LogP contribution in [0.1, 0.15) is 17.3 Å². The van der Waals surface area contributed by atoms with Crippen LogP contribution in [0, 0.1) is 0 Å². The number of benzene rings is 1. The number of thiophene rings is 1. The first-order valence-electron chi connectivity index (χ1n) is 7.83. The maximum absolute atomic E-state index is 12.4. The summed E-state index contributed by atoms with van der Waals surface area (Å²) in [7, 11) is 0. The zero-order valence-corrected chi connectivity index (χ0v) is 14.6. The summed E-state index contributed by atoms with van der Waals surface area (Å²) < 4.78 is 15.8. The van der Waals surface area contributed by atoms with E-state index in [0.29, 0.717) is 16.5 Å². The van der Waals surface area contributed by atoms with Crippen molar-refractivity contribution in [1.82, 2.24) is 5.32 Å². The molecule has 0 saturated heterocycles. The van der Waals surface area contributed by atoms with Gasteiger partial charge in [0.1, 0.15) is 11.6 Å². The van der Waals surface area contributed by atoms with Gasteiger partial charge in [0.25, 0.3) is 11.8 Å². The second-order valence-electron chi connectivity index (χ2n) is 5.19. The predicted molar refractivity (Wildman–Crippen MR) is 93.8 cm³/mol.